The SMILES string of the molecule is Cc1ccccc1COC(=O)Nc1csnc1C#Cc1cc2sc(C3(C(=O)O)CC3)cc2s1. The quantitative estimate of drug-likeness (QED) is 0.333. The van der Waals surface area contributed by atoms with Crippen molar-refractivity contribution in [1.82, 2.24) is 4.37 Å². The standard InChI is InChI=1S/C24H18N2O4S3/c1-14-4-2-3-5-15(14)12-30-23(29)25-18-13-31-26-17(18)7-6-16-10-19-20(32-16)11-21(33-19)24(8-9-24)22(27)28/h2-5,10-11,13H,8-9,12H2,1H3,(H,25,29)(H,27,28). The molecule has 3 heterocycles. The summed E-state index contributed by atoms with van der Waals surface area (Å²) >= 11 is 4.27. The number of ether oxygens (including phenoxy) is 1. The topological polar surface area (TPSA) is 88.5 Å². The predicted octanol–water partition coefficient (Wildman–Crippen LogP) is 5.99. The Kier molecular flexibility index (Phi) is 5.66. The second-order valence-electron chi connectivity index (χ2n) is 7.79. The highest BCUT2D eigenvalue weighted by molar-refractivity contribution is 7.28. The lowest BCUT2D eigenvalue weighted by molar-refractivity contribution is -0.139. The van der Waals surface area contributed by atoms with E-state index in [0.29, 0.717) is 24.2 Å². The number of benzene rings is 1. The van der Waals surface area contributed by atoms with Crippen molar-refractivity contribution < 1.29 is 19.4 Å². The summed E-state index contributed by atoms with van der Waals surface area (Å²) in [7, 11) is 0. The van der Waals surface area contributed by atoms with E-state index >= 15 is 0 Å². The van der Waals surface area contributed by atoms with Crippen LogP contribution in [0, 0.1) is 18.8 Å². The molecule has 1 saturated carbocycles. The van der Waals surface area contributed by atoms with Crippen LogP contribution >= 0.6 is 34.2 Å². The fourth-order valence-corrected chi connectivity index (χ4v) is 6.49. The lowest BCUT2D eigenvalue weighted by atomic mass is 10.1. The molecule has 4 aromatic rings. The van der Waals surface area contributed by atoms with E-state index in [2.05, 4.69) is 21.5 Å². The second kappa shape index (κ2) is 8.63. The Morgan fingerprint density at radius 1 is 1.18 bits per heavy atom. The van der Waals surface area contributed by atoms with Crippen LogP contribution in [-0.4, -0.2) is 21.5 Å². The fourth-order valence-electron chi connectivity index (χ4n) is 3.42. The Balaban J connectivity index is 1.26. The Hall–Kier alpha value is -3.19. The number of nitrogens with one attached hydrogen (secondary N) is 1. The molecule has 2 N–H and O–H groups in total. The van der Waals surface area contributed by atoms with Gasteiger partial charge in [0.25, 0.3) is 0 Å². The Bertz CT molecular complexity index is 1400. The van der Waals surface area contributed by atoms with Gasteiger partial charge in [-0.15, -0.1) is 22.7 Å². The molecule has 0 spiro atoms. The maximum atomic E-state index is 12.2. The molecule has 0 unspecified atom stereocenters. The molecule has 1 amide bonds. The lowest BCUT2D eigenvalue weighted by Gasteiger charge is -2.08. The van der Waals surface area contributed by atoms with E-state index < -0.39 is 17.5 Å². The van der Waals surface area contributed by atoms with Crippen molar-refractivity contribution in [3.05, 3.63) is 68.4 Å². The van der Waals surface area contributed by atoms with Crippen LogP contribution in [0.4, 0.5) is 10.5 Å². The van der Waals surface area contributed by atoms with E-state index in [1.807, 2.05) is 43.3 Å². The van der Waals surface area contributed by atoms with Crippen molar-refractivity contribution in [3.8, 4) is 11.8 Å². The van der Waals surface area contributed by atoms with Gasteiger partial charge in [-0.2, -0.15) is 4.37 Å². The summed E-state index contributed by atoms with van der Waals surface area (Å²) in [4.78, 5) is 25.6. The van der Waals surface area contributed by atoms with Crippen molar-refractivity contribution in [2.24, 2.45) is 0 Å². The zero-order chi connectivity index (χ0) is 23.0. The zero-order valence-electron chi connectivity index (χ0n) is 17.5. The molecule has 1 aromatic carbocycles. The van der Waals surface area contributed by atoms with Gasteiger partial charge in [0.05, 0.1) is 10.6 Å². The number of nitrogens with zero attached hydrogens (tertiary/aromatic N) is 1. The minimum atomic E-state index is -0.739. The summed E-state index contributed by atoms with van der Waals surface area (Å²) in [6, 6.07) is 11.7. The molecule has 0 saturated heterocycles. The molecule has 0 bridgehead atoms. The molecular weight excluding hydrogens is 476 g/mol. The van der Waals surface area contributed by atoms with E-state index in [9.17, 15) is 14.7 Å². The number of aromatic nitrogens is 1. The van der Waals surface area contributed by atoms with Gasteiger partial charge in [0.2, 0.25) is 0 Å². The Labute approximate surface area is 202 Å². The monoisotopic (exact) mass is 494 g/mol. The van der Waals surface area contributed by atoms with E-state index in [-0.39, 0.29) is 6.61 Å². The number of carbonyl (C=O) groups is 2. The molecular formula is C24H18N2O4S3. The summed E-state index contributed by atoms with van der Waals surface area (Å²) in [5, 5.41) is 13.9. The van der Waals surface area contributed by atoms with Crippen LogP contribution in [0.3, 0.4) is 0 Å². The van der Waals surface area contributed by atoms with Crippen LogP contribution in [0.15, 0.2) is 41.8 Å². The first-order valence-electron chi connectivity index (χ1n) is 10.2. The van der Waals surface area contributed by atoms with Gasteiger partial charge in [0, 0.05) is 19.7 Å². The predicted molar refractivity (Wildman–Crippen MR) is 131 cm³/mol. The summed E-state index contributed by atoms with van der Waals surface area (Å²) in [5.41, 5.74) is 2.33. The first kappa shape index (κ1) is 21.6. The highest BCUT2D eigenvalue weighted by atomic mass is 32.1. The number of fused-ring (bicyclic) bond motifs is 1. The maximum Gasteiger partial charge on any atom is 0.412 e. The number of carboxylic acids is 1. The molecule has 5 rings (SSSR count). The second-order valence-corrected chi connectivity index (χ2v) is 10.6. The highest BCUT2D eigenvalue weighted by Crippen LogP contribution is 2.52. The molecule has 0 radical (unpaired) electrons. The van der Waals surface area contributed by atoms with Crippen LogP contribution in [0.2, 0.25) is 0 Å². The molecule has 0 aliphatic heterocycles. The van der Waals surface area contributed by atoms with Gasteiger partial charge in [-0.3, -0.25) is 10.1 Å². The minimum Gasteiger partial charge on any atom is -0.481 e. The molecule has 1 fully saturated rings. The van der Waals surface area contributed by atoms with Gasteiger partial charge in [-0.05, 0) is 66.4 Å². The summed E-state index contributed by atoms with van der Waals surface area (Å²) in [6.45, 7) is 2.16. The molecule has 1 aliphatic rings. The van der Waals surface area contributed by atoms with Crippen LogP contribution in [-0.2, 0) is 21.6 Å². The summed E-state index contributed by atoms with van der Waals surface area (Å²) < 4.78 is 11.7. The van der Waals surface area contributed by atoms with Crippen LogP contribution in [0.1, 0.15) is 39.4 Å². The third kappa shape index (κ3) is 4.37. The maximum absolute atomic E-state index is 12.2. The van der Waals surface area contributed by atoms with Gasteiger partial charge in [-0.25, -0.2) is 4.79 Å². The fraction of sp³-hybridized carbons (Fsp3) is 0.208. The van der Waals surface area contributed by atoms with Crippen molar-refractivity contribution >= 4 is 61.4 Å². The first-order chi connectivity index (χ1) is 15.9. The average Bonchev–Trinajstić information content (AvgIpc) is 3.11. The Morgan fingerprint density at radius 3 is 2.70 bits per heavy atom. The zero-order valence-corrected chi connectivity index (χ0v) is 20.0. The Morgan fingerprint density at radius 2 is 1.97 bits per heavy atom. The number of aryl methyl sites for hydroxylation is 1. The molecule has 1 aliphatic carbocycles. The molecule has 3 aromatic heterocycles. The number of rotatable bonds is 5. The van der Waals surface area contributed by atoms with Crippen LogP contribution in [0.5, 0.6) is 0 Å². The third-order valence-electron chi connectivity index (χ3n) is 5.57. The van der Waals surface area contributed by atoms with Crippen LogP contribution in [0.25, 0.3) is 9.40 Å². The molecule has 9 heteroatoms. The largest absolute Gasteiger partial charge is 0.481 e. The number of anilines is 1. The smallest absolute Gasteiger partial charge is 0.412 e. The van der Waals surface area contributed by atoms with E-state index in [1.165, 1.54) is 34.2 Å². The third-order valence-corrected chi connectivity index (χ3v) is 8.61. The first-order valence-corrected chi connectivity index (χ1v) is 12.6. The van der Waals surface area contributed by atoms with Crippen molar-refractivity contribution in [2.75, 3.05) is 5.32 Å². The molecule has 33 heavy (non-hydrogen) atoms. The number of hydrogen-bond acceptors (Lipinski definition) is 7. The van der Waals surface area contributed by atoms with Crippen molar-refractivity contribution in [2.45, 2.75) is 31.8 Å². The normalized spacial score (nSPS) is 13.8. The van der Waals surface area contributed by atoms with Crippen molar-refractivity contribution in [3.63, 3.8) is 0 Å². The number of hydrogen-bond donors (Lipinski definition) is 2. The average molecular weight is 495 g/mol. The van der Waals surface area contributed by atoms with E-state index in [1.54, 1.807) is 5.38 Å². The molecule has 0 atom stereocenters. The number of carboxylic acid groups (broad SMARTS) is 1. The summed E-state index contributed by atoms with van der Waals surface area (Å²) in [5.74, 6) is 5.39. The number of amides is 1. The lowest BCUT2D eigenvalue weighted by Crippen LogP contribution is -2.17. The van der Waals surface area contributed by atoms with Gasteiger partial charge in [0.1, 0.15) is 12.0 Å². The van der Waals surface area contributed by atoms with Gasteiger partial charge < -0.3 is 9.84 Å². The van der Waals surface area contributed by atoms with Gasteiger partial charge in [-0.1, -0.05) is 24.3 Å². The van der Waals surface area contributed by atoms with Gasteiger partial charge in [0.15, 0.2) is 5.69 Å². The highest BCUT2D eigenvalue weighted by Gasteiger charge is 2.53. The van der Waals surface area contributed by atoms with E-state index in [0.717, 1.165) is 30.3 Å². The minimum absolute atomic E-state index is 0.189. The number of thiophene rings is 2. The van der Waals surface area contributed by atoms with E-state index in [4.69, 9.17) is 4.74 Å². The summed E-state index contributed by atoms with van der Waals surface area (Å²) in [6.07, 6.45) is 0.851. The molecule has 166 valence electrons. The van der Waals surface area contributed by atoms with Gasteiger partial charge >= 0.3 is 12.1 Å². The van der Waals surface area contributed by atoms with Crippen molar-refractivity contribution in [1.29, 1.82) is 0 Å². The molecule has 6 nitrogen and oxygen atoms in total. The van der Waals surface area contributed by atoms with Crippen LogP contribution < -0.4 is 5.32 Å². The number of carbonyl (C=O) groups excluding carboxylic acids is 1. The number of aliphatic carboxylic acids is 1.